The monoisotopic (exact) mass is 235 g/mol. The molecule has 0 saturated heterocycles. The molecule has 17 heavy (non-hydrogen) atoms. The number of nitrogens with one attached hydrogen (secondary N) is 1. The number of hydrogen-bond acceptors (Lipinski definition) is 2. The van der Waals surface area contributed by atoms with Gasteiger partial charge in [0.25, 0.3) is 0 Å². The van der Waals surface area contributed by atoms with Crippen LogP contribution in [0.3, 0.4) is 0 Å². The Morgan fingerprint density at radius 1 is 1.24 bits per heavy atom. The van der Waals surface area contributed by atoms with E-state index in [2.05, 4.69) is 50.4 Å². The lowest BCUT2D eigenvalue weighted by Gasteiger charge is -2.22. The van der Waals surface area contributed by atoms with Crippen molar-refractivity contribution in [2.75, 3.05) is 13.7 Å². The van der Waals surface area contributed by atoms with Crippen LogP contribution in [0.1, 0.15) is 43.9 Å². The minimum Gasteiger partial charge on any atom is -0.385 e. The van der Waals surface area contributed by atoms with Gasteiger partial charge < -0.3 is 10.1 Å². The Morgan fingerprint density at radius 2 is 1.88 bits per heavy atom. The summed E-state index contributed by atoms with van der Waals surface area (Å²) < 4.78 is 5.11. The van der Waals surface area contributed by atoms with Crippen molar-refractivity contribution in [2.24, 2.45) is 0 Å². The van der Waals surface area contributed by atoms with Crippen LogP contribution in [0, 0.1) is 6.92 Å². The number of methoxy groups -OCH3 is 1. The molecule has 0 amide bonds. The first-order chi connectivity index (χ1) is 8.17. The first-order valence-electron chi connectivity index (χ1n) is 6.49. The summed E-state index contributed by atoms with van der Waals surface area (Å²) in [6.07, 6.45) is 2.17. The largest absolute Gasteiger partial charge is 0.385 e. The Kier molecular flexibility index (Phi) is 6.23. The smallest absolute Gasteiger partial charge is 0.0476 e. The van der Waals surface area contributed by atoms with Gasteiger partial charge in [0.1, 0.15) is 0 Å². The molecule has 0 heterocycles. The fraction of sp³-hybridized carbons (Fsp3) is 0.600. The fourth-order valence-corrected chi connectivity index (χ4v) is 1.97. The summed E-state index contributed by atoms with van der Waals surface area (Å²) >= 11 is 0. The molecule has 1 aromatic rings. The molecule has 0 aliphatic heterocycles. The van der Waals surface area contributed by atoms with Crippen molar-refractivity contribution in [3.63, 3.8) is 0 Å². The topological polar surface area (TPSA) is 21.3 Å². The average Bonchev–Trinajstić information content (AvgIpc) is 2.34. The minimum absolute atomic E-state index is 0.447. The molecule has 1 N–H and O–H groups in total. The normalized spacial score (nSPS) is 14.6. The van der Waals surface area contributed by atoms with Crippen LogP contribution in [-0.4, -0.2) is 19.8 Å². The average molecular weight is 235 g/mol. The number of rotatable bonds is 7. The third-order valence-electron chi connectivity index (χ3n) is 3.13. The number of aryl methyl sites for hydroxylation is 1. The molecule has 1 aromatic carbocycles. The van der Waals surface area contributed by atoms with Gasteiger partial charge in [0, 0.05) is 25.8 Å². The van der Waals surface area contributed by atoms with E-state index in [9.17, 15) is 0 Å². The number of hydrogen-bond donors (Lipinski definition) is 1. The Morgan fingerprint density at radius 3 is 2.41 bits per heavy atom. The van der Waals surface area contributed by atoms with Crippen molar-refractivity contribution in [1.82, 2.24) is 5.32 Å². The zero-order valence-electron chi connectivity index (χ0n) is 11.5. The lowest BCUT2D eigenvalue weighted by Crippen LogP contribution is -2.31. The molecule has 0 radical (unpaired) electrons. The van der Waals surface area contributed by atoms with E-state index >= 15 is 0 Å². The molecule has 96 valence electrons. The van der Waals surface area contributed by atoms with Gasteiger partial charge in [-0.2, -0.15) is 0 Å². The van der Waals surface area contributed by atoms with Crippen LogP contribution in [-0.2, 0) is 4.74 Å². The molecular formula is C15H25NO. The molecule has 2 atom stereocenters. The predicted octanol–water partition coefficient (Wildman–Crippen LogP) is 3.46. The quantitative estimate of drug-likeness (QED) is 0.781. The molecule has 0 spiro atoms. The second-order valence-corrected chi connectivity index (χ2v) is 4.72. The summed E-state index contributed by atoms with van der Waals surface area (Å²) in [6, 6.07) is 9.74. The van der Waals surface area contributed by atoms with Crippen LogP contribution in [0.2, 0.25) is 0 Å². The SMILES string of the molecule is CCC(NC(C)CCOC)c1ccc(C)cc1. The Hall–Kier alpha value is -0.860. The van der Waals surface area contributed by atoms with Gasteiger partial charge in [0.15, 0.2) is 0 Å². The highest BCUT2D eigenvalue weighted by atomic mass is 16.5. The molecule has 2 unspecified atom stereocenters. The van der Waals surface area contributed by atoms with Gasteiger partial charge in [-0.3, -0.25) is 0 Å². The molecule has 0 aliphatic rings. The molecule has 0 fully saturated rings. The summed E-state index contributed by atoms with van der Waals surface area (Å²) in [5.74, 6) is 0. The molecule has 0 aliphatic carbocycles. The molecular weight excluding hydrogens is 210 g/mol. The van der Waals surface area contributed by atoms with Crippen LogP contribution in [0.15, 0.2) is 24.3 Å². The standard InChI is InChI=1S/C15H25NO/c1-5-15(16-13(3)10-11-17-4)14-8-6-12(2)7-9-14/h6-9,13,15-16H,5,10-11H2,1-4H3. The highest BCUT2D eigenvalue weighted by Gasteiger charge is 2.11. The Balaban J connectivity index is 2.56. The van der Waals surface area contributed by atoms with Gasteiger partial charge in [-0.1, -0.05) is 36.8 Å². The molecule has 2 nitrogen and oxygen atoms in total. The molecule has 0 bridgehead atoms. The van der Waals surface area contributed by atoms with Crippen molar-refractivity contribution in [3.8, 4) is 0 Å². The summed E-state index contributed by atoms with van der Waals surface area (Å²) in [5.41, 5.74) is 2.69. The molecule has 0 aromatic heterocycles. The van der Waals surface area contributed by atoms with Crippen molar-refractivity contribution in [1.29, 1.82) is 0 Å². The van der Waals surface area contributed by atoms with Crippen molar-refractivity contribution in [2.45, 2.75) is 45.7 Å². The lowest BCUT2D eigenvalue weighted by molar-refractivity contribution is 0.182. The Labute approximate surface area is 105 Å². The number of benzene rings is 1. The van der Waals surface area contributed by atoms with Crippen LogP contribution >= 0.6 is 0 Å². The summed E-state index contributed by atoms with van der Waals surface area (Å²) in [4.78, 5) is 0. The van der Waals surface area contributed by atoms with E-state index in [1.807, 2.05) is 0 Å². The highest BCUT2D eigenvalue weighted by molar-refractivity contribution is 5.24. The summed E-state index contributed by atoms with van der Waals surface area (Å²) in [6.45, 7) is 7.38. The fourth-order valence-electron chi connectivity index (χ4n) is 1.97. The zero-order valence-corrected chi connectivity index (χ0v) is 11.5. The maximum atomic E-state index is 5.11. The van der Waals surface area contributed by atoms with E-state index in [0.717, 1.165) is 19.4 Å². The Bertz CT molecular complexity index is 307. The zero-order chi connectivity index (χ0) is 12.7. The van der Waals surface area contributed by atoms with E-state index in [1.165, 1.54) is 11.1 Å². The maximum Gasteiger partial charge on any atom is 0.0476 e. The second-order valence-electron chi connectivity index (χ2n) is 4.72. The van der Waals surface area contributed by atoms with Gasteiger partial charge in [0.2, 0.25) is 0 Å². The van der Waals surface area contributed by atoms with E-state index in [0.29, 0.717) is 12.1 Å². The van der Waals surface area contributed by atoms with Crippen LogP contribution < -0.4 is 5.32 Å². The van der Waals surface area contributed by atoms with E-state index in [1.54, 1.807) is 7.11 Å². The third-order valence-corrected chi connectivity index (χ3v) is 3.13. The second kappa shape index (κ2) is 7.46. The maximum absolute atomic E-state index is 5.11. The van der Waals surface area contributed by atoms with Gasteiger partial charge in [-0.05, 0) is 32.3 Å². The van der Waals surface area contributed by atoms with Crippen LogP contribution in [0.4, 0.5) is 0 Å². The lowest BCUT2D eigenvalue weighted by atomic mass is 10.0. The van der Waals surface area contributed by atoms with Gasteiger partial charge in [0.05, 0.1) is 0 Å². The van der Waals surface area contributed by atoms with Crippen LogP contribution in [0.5, 0.6) is 0 Å². The molecule has 1 rings (SSSR count). The first-order valence-corrected chi connectivity index (χ1v) is 6.49. The van der Waals surface area contributed by atoms with Crippen molar-refractivity contribution < 1.29 is 4.74 Å². The van der Waals surface area contributed by atoms with Gasteiger partial charge in [-0.25, -0.2) is 0 Å². The minimum atomic E-state index is 0.447. The van der Waals surface area contributed by atoms with Gasteiger partial charge >= 0.3 is 0 Å². The highest BCUT2D eigenvalue weighted by Crippen LogP contribution is 2.18. The molecule has 2 heteroatoms. The first kappa shape index (κ1) is 14.2. The molecule has 0 saturated carbocycles. The number of ether oxygens (including phenoxy) is 1. The van der Waals surface area contributed by atoms with Crippen LogP contribution in [0.25, 0.3) is 0 Å². The van der Waals surface area contributed by atoms with Crippen molar-refractivity contribution >= 4 is 0 Å². The van der Waals surface area contributed by atoms with E-state index < -0.39 is 0 Å². The summed E-state index contributed by atoms with van der Waals surface area (Å²) in [5, 5.41) is 3.66. The van der Waals surface area contributed by atoms with Gasteiger partial charge in [-0.15, -0.1) is 0 Å². The summed E-state index contributed by atoms with van der Waals surface area (Å²) in [7, 11) is 1.75. The third kappa shape index (κ3) is 4.88. The predicted molar refractivity (Wildman–Crippen MR) is 73.3 cm³/mol. The van der Waals surface area contributed by atoms with E-state index in [4.69, 9.17) is 4.74 Å². The van der Waals surface area contributed by atoms with E-state index in [-0.39, 0.29) is 0 Å². The van der Waals surface area contributed by atoms with Crippen molar-refractivity contribution in [3.05, 3.63) is 35.4 Å².